The van der Waals surface area contributed by atoms with Gasteiger partial charge in [-0.2, -0.15) is 0 Å². The summed E-state index contributed by atoms with van der Waals surface area (Å²) < 4.78 is 11.6. The molecule has 3 unspecified atom stereocenters. The van der Waals surface area contributed by atoms with Gasteiger partial charge in [0.05, 0.1) is 12.7 Å². The summed E-state index contributed by atoms with van der Waals surface area (Å²) in [7, 11) is 0. The van der Waals surface area contributed by atoms with Crippen molar-refractivity contribution in [3.05, 3.63) is 0 Å². The largest absolute Gasteiger partial charge is 0.381 e. The number of aliphatic imine (C=N–C) groups is 1. The van der Waals surface area contributed by atoms with Gasteiger partial charge in [0.1, 0.15) is 0 Å². The summed E-state index contributed by atoms with van der Waals surface area (Å²) in [5, 5.41) is 7.59. The molecule has 1 spiro atoms. The highest BCUT2D eigenvalue weighted by Crippen LogP contribution is 2.54. The van der Waals surface area contributed by atoms with Gasteiger partial charge in [-0.15, -0.1) is 24.0 Å². The first-order valence-electron chi connectivity index (χ1n) is 12.2. The molecule has 2 saturated carbocycles. The Balaban J connectivity index is 0.00000256. The van der Waals surface area contributed by atoms with Crippen LogP contribution in [0.25, 0.3) is 0 Å². The van der Waals surface area contributed by atoms with Crippen LogP contribution < -0.4 is 10.6 Å². The Hall–Kier alpha value is -0.120. The molecule has 0 amide bonds. The third-order valence-electron chi connectivity index (χ3n) is 7.78. The normalized spacial score (nSPS) is 32.1. The fourth-order valence-electron chi connectivity index (χ4n) is 6.09. The van der Waals surface area contributed by atoms with Gasteiger partial charge < -0.3 is 25.0 Å². The highest BCUT2D eigenvalue weighted by molar-refractivity contribution is 14.0. The minimum Gasteiger partial charge on any atom is -0.381 e. The summed E-state index contributed by atoms with van der Waals surface area (Å²) >= 11 is 0. The predicted octanol–water partition coefficient (Wildman–Crippen LogP) is 3.40. The van der Waals surface area contributed by atoms with E-state index in [1.165, 1.54) is 64.6 Å². The van der Waals surface area contributed by atoms with Crippen LogP contribution in [0.3, 0.4) is 0 Å². The third kappa shape index (κ3) is 5.62. The van der Waals surface area contributed by atoms with Crippen molar-refractivity contribution in [1.82, 2.24) is 15.5 Å². The zero-order valence-corrected chi connectivity index (χ0v) is 21.4. The van der Waals surface area contributed by atoms with E-state index in [1.54, 1.807) is 0 Å². The van der Waals surface area contributed by atoms with Crippen LogP contribution in [0, 0.1) is 11.3 Å². The van der Waals surface area contributed by atoms with Gasteiger partial charge in [0, 0.05) is 56.9 Å². The Labute approximate surface area is 200 Å². The lowest BCUT2D eigenvalue weighted by molar-refractivity contribution is -0.125. The van der Waals surface area contributed by atoms with Crippen molar-refractivity contribution in [2.75, 3.05) is 46.0 Å². The second kappa shape index (κ2) is 11.7. The summed E-state index contributed by atoms with van der Waals surface area (Å²) in [5.74, 6) is 1.78. The van der Waals surface area contributed by atoms with Crippen molar-refractivity contribution in [3.63, 3.8) is 0 Å². The van der Waals surface area contributed by atoms with E-state index in [0.29, 0.717) is 23.6 Å². The Morgan fingerprint density at radius 3 is 2.53 bits per heavy atom. The standard InChI is InChI=1S/C23H42N4O2.HI/c1-3-24-22(26-20-15-21(29-4-2)23(20)10-5-6-11-23)25-19-7-12-27(13-8-19)16-18-9-14-28-17-18;/h18-21H,3-17H2,1-2H3,(H2,24,25,26);1H. The molecule has 7 heteroatoms. The van der Waals surface area contributed by atoms with Crippen LogP contribution in [0.2, 0.25) is 0 Å². The number of nitrogens with one attached hydrogen (secondary N) is 2. The molecule has 4 aliphatic rings. The summed E-state index contributed by atoms with van der Waals surface area (Å²) in [6.45, 7) is 11.4. The van der Waals surface area contributed by atoms with Crippen LogP contribution >= 0.6 is 24.0 Å². The monoisotopic (exact) mass is 534 g/mol. The molecule has 30 heavy (non-hydrogen) atoms. The number of piperidine rings is 1. The molecule has 0 radical (unpaired) electrons. The number of hydrogen-bond acceptors (Lipinski definition) is 4. The van der Waals surface area contributed by atoms with Crippen LogP contribution in [-0.2, 0) is 9.47 Å². The van der Waals surface area contributed by atoms with Crippen molar-refractivity contribution in [2.24, 2.45) is 16.3 Å². The molecule has 4 rings (SSSR count). The smallest absolute Gasteiger partial charge is 0.191 e. The molecule has 6 nitrogen and oxygen atoms in total. The lowest BCUT2D eigenvalue weighted by Gasteiger charge is -2.54. The second-order valence-corrected chi connectivity index (χ2v) is 9.59. The summed E-state index contributed by atoms with van der Waals surface area (Å²) in [6.07, 6.45) is 10.5. The number of likely N-dealkylation sites (tertiary alicyclic amines) is 1. The molecule has 0 bridgehead atoms. The average molecular weight is 535 g/mol. The zero-order chi connectivity index (χ0) is 20.1. The van der Waals surface area contributed by atoms with Gasteiger partial charge in [0.15, 0.2) is 5.96 Å². The Kier molecular flexibility index (Phi) is 9.53. The lowest BCUT2D eigenvalue weighted by Crippen LogP contribution is -2.65. The van der Waals surface area contributed by atoms with Gasteiger partial charge in [-0.05, 0) is 58.3 Å². The van der Waals surface area contributed by atoms with E-state index in [1.807, 2.05) is 0 Å². The molecule has 2 N–H and O–H groups in total. The van der Waals surface area contributed by atoms with E-state index in [9.17, 15) is 0 Å². The van der Waals surface area contributed by atoms with Gasteiger partial charge in [0.2, 0.25) is 0 Å². The maximum Gasteiger partial charge on any atom is 0.191 e. The molecular weight excluding hydrogens is 491 g/mol. The lowest BCUT2D eigenvalue weighted by atomic mass is 9.60. The molecule has 2 aliphatic heterocycles. The van der Waals surface area contributed by atoms with E-state index >= 15 is 0 Å². The highest BCUT2D eigenvalue weighted by atomic mass is 127. The zero-order valence-electron chi connectivity index (χ0n) is 19.0. The first-order valence-corrected chi connectivity index (χ1v) is 12.2. The number of ether oxygens (including phenoxy) is 2. The minimum atomic E-state index is 0. The van der Waals surface area contributed by atoms with Gasteiger partial charge in [0.25, 0.3) is 0 Å². The summed E-state index contributed by atoms with van der Waals surface area (Å²) in [5.41, 5.74) is 0.346. The molecule has 0 aromatic carbocycles. The Bertz CT molecular complexity index is 541. The van der Waals surface area contributed by atoms with Crippen molar-refractivity contribution >= 4 is 29.9 Å². The molecular formula is C23H43IN4O2. The third-order valence-corrected chi connectivity index (χ3v) is 7.78. The number of guanidine groups is 1. The first kappa shape index (κ1) is 24.5. The molecule has 3 atom stereocenters. The minimum absolute atomic E-state index is 0. The number of nitrogens with zero attached hydrogens (tertiary/aromatic N) is 2. The maximum atomic E-state index is 6.09. The highest BCUT2D eigenvalue weighted by Gasteiger charge is 2.57. The van der Waals surface area contributed by atoms with Crippen molar-refractivity contribution < 1.29 is 9.47 Å². The molecule has 174 valence electrons. The van der Waals surface area contributed by atoms with Crippen molar-refractivity contribution in [1.29, 1.82) is 0 Å². The SMILES string of the molecule is CCN=C(NC1CCN(CC2CCOC2)CC1)NC1CC(OCC)C12CCCC2.I. The van der Waals surface area contributed by atoms with Gasteiger partial charge in [-0.3, -0.25) is 4.99 Å². The van der Waals surface area contributed by atoms with E-state index in [0.717, 1.165) is 44.7 Å². The summed E-state index contributed by atoms with van der Waals surface area (Å²) in [4.78, 5) is 7.42. The van der Waals surface area contributed by atoms with Crippen molar-refractivity contribution in [3.8, 4) is 0 Å². The topological polar surface area (TPSA) is 58.1 Å². The number of rotatable bonds is 7. The molecule has 0 aromatic rings. The van der Waals surface area contributed by atoms with Gasteiger partial charge >= 0.3 is 0 Å². The van der Waals surface area contributed by atoms with Gasteiger partial charge in [-0.1, -0.05) is 12.8 Å². The molecule has 4 fully saturated rings. The quantitative estimate of drug-likeness (QED) is 0.298. The fourth-order valence-corrected chi connectivity index (χ4v) is 6.09. The Morgan fingerprint density at radius 2 is 1.90 bits per heavy atom. The average Bonchev–Trinajstić information content (AvgIpc) is 3.42. The predicted molar refractivity (Wildman–Crippen MR) is 133 cm³/mol. The van der Waals surface area contributed by atoms with Crippen molar-refractivity contribution in [2.45, 2.75) is 83.4 Å². The Morgan fingerprint density at radius 1 is 1.13 bits per heavy atom. The first-order chi connectivity index (χ1) is 14.2. The van der Waals surface area contributed by atoms with E-state index in [4.69, 9.17) is 14.5 Å². The number of halogens is 1. The molecule has 2 saturated heterocycles. The van der Waals surface area contributed by atoms with Crippen LogP contribution in [0.15, 0.2) is 4.99 Å². The van der Waals surface area contributed by atoms with Crippen LogP contribution in [-0.4, -0.2) is 75.0 Å². The summed E-state index contributed by atoms with van der Waals surface area (Å²) in [6, 6.07) is 1.05. The van der Waals surface area contributed by atoms with E-state index in [2.05, 4.69) is 29.4 Å². The molecule has 2 heterocycles. The van der Waals surface area contributed by atoms with Gasteiger partial charge in [-0.25, -0.2) is 0 Å². The maximum absolute atomic E-state index is 6.09. The van der Waals surface area contributed by atoms with E-state index < -0.39 is 0 Å². The fraction of sp³-hybridized carbons (Fsp3) is 0.957. The van der Waals surface area contributed by atoms with Crippen LogP contribution in [0.5, 0.6) is 0 Å². The molecule has 0 aromatic heterocycles. The van der Waals surface area contributed by atoms with E-state index in [-0.39, 0.29) is 24.0 Å². The second-order valence-electron chi connectivity index (χ2n) is 9.59. The van der Waals surface area contributed by atoms with Crippen LogP contribution in [0.4, 0.5) is 0 Å². The number of hydrogen-bond donors (Lipinski definition) is 2. The molecule has 2 aliphatic carbocycles. The van der Waals surface area contributed by atoms with Crippen LogP contribution in [0.1, 0.15) is 65.2 Å².